The van der Waals surface area contributed by atoms with Crippen LogP contribution < -0.4 is 0 Å². The standard InChI is InChI=1S/C15H7BrO4/c16-10-6-5-9-11(12(10)15(19)20)14(18)8-4-2-1-3-7(8)13(9)17/h1-6H,(H,19,20). The van der Waals surface area contributed by atoms with Gasteiger partial charge in [-0.05, 0) is 28.1 Å². The molecule has 1 N–H and O–H groups in total. The summed E-state index contributed by atoms with van der Waals surface area (Å²) >= 11 is 3.12. The van der Waals surface area contributed by atoms with Gasteiger partial charge in [-0.1, -0.05) is 24.3 Å². The molecule has 0 saturated heterocycles. The lowest BCUT2D eigenvalue weighted by Crippen LogP contribution is -2.24. The number of hydrogen-bond donors (Lipinski definition) is 1. The molecule has 3 rings (SSSR count). The molecule has 2 aromatic carbocycles. The van der Waals surface area contributed by atoms with Crippen molar-refractivity contribution in [1.29, 1.82) is 0 Å². The average molecular weight is 331 g/mol. The summed E-state index contributed by atoms with van der Waals surface area (Å²) in [5.41, 5.74) is 0.467. The molecule has 0 bridgehead atoms. The minimum atomic E-state index is -1.24. The highest BCUT2D eigenvalue weighted by atomic mass is 79.9. The Kier molecular flexibility index (Phi) is 2.79. The first-order valence-electron chi connectivity index (χ1n) is 5.76. The summed E-state index contributed by atoms with van der Waals surface area (Å²) in [5.74, 6) is -2.01. The van der Waals surface area contributed by atoms with E-state index in [9.17, 15) is 19.5 Å². The van der Waals surface area contributed by atoms with E-state index in [1.807, 2.05) is 0 Å². The minimum absolute atomic E-state index is 0.0458. The number of benzene rings is 2. The fraction of sp³-hybridized carbons (Fsp3) is 0. The Balaban J connectivity index is 2.40. The molecule has 2 aromatic rings. The van der Waals surface area contributed by atoms with Gasteiger partial charge in [0, 0.05) is 26.7 Å². The van der Waals surface area contributed by atoms with E-state index in [2.05, 4.69) is 15.9 Å². The molecule has 0 saturated carbocycles. The van der Waals surface area contributed by atoms with Crippen LogP contribution in [0.25, 0.3) is 0 Å². The van der Waals surface area contributed by atoms with Gasteiger partial charge < -0.3 is 5.11 Å². The van der Waals surface area contributed by atoms with E-state index in [4.69, 9.17) is 0 Å². The van der Waals surface area contributed by atoms with Crippen LogP contribution in [0.2, 0.25) is 0 Å². The molecule has 0 unspecified atom stereocenters. The van der Waals surface area contributed by atoms with Gasteiger partial charge in [-0.2, -0.15) is 0 Å². The predicted molar refractivity (Wildman–Crippen MR) is 74.4 cm³/mol. The second-order valence-electron chi connectivity index (χ2n) is 4.35. The summed E-state index contributed by atoms with van der Waals surface area (Å²) in [4.78, 5) is 36.2. The maximum absolute atomic E-state index is 12.5. The van der Waals surface area contributed by atoms with Crippen LogP contribution in [0.15, 0.2) is 40.9 Å². The maximum atomic E-state index is 12.5. The molecular weight excluding hydrogens is 324 g/mol. The summed E-state index contributed by atoms with van der Waals surface area (Å²) in [6.07, 6.45) is 0. The number of halogens is 1. The monoisotopic (exact) mass is 330 g/mol. The third kappa shape index (κ3) is 1.63. The molecular formula is C15H7BrO4. The molecule has 0 heterocycles. The number of aromatic carboxylic acids is 1. The summed E-state index contributed by atoms with van der Waals surface area (Å²) in [6.45, 7) is 0. The highest BCUT2D eigenvalue weighted by molar-refractivity contribution is 9.10. The second kappa shape index (κ2) is 4.38. The van der Waals surface area contributed by atoms with E-state index in [1.54, 1.807) is 18.2 Å². The number of fused-ring (bicyclic) bond motifs is 2. The molecule has 4 nitrogen and oxygen atoms in total. The van der Waals surface area contributed by atoms with Crippen LogP contribution >= 0.6 is 15.9 Å². The van der Waals surface area contributed by atoms with Crippen LogP contribution in [0.5, 0.6) is 0 Å². The topological polar surface area (TPSA) is 71.4 Å². The lowest BCUT2D eigenvalue weighted by molar-refractivity contribution is 0.0691. The first-order valence-corrected chi connectivity index (χ1v) is 6.56. The van der Waals surface area contributed by atoms with Crippen LogP contribution in [0, 0.1) is 0 Å². The van der Waals surface area contributed by atoms with Crippen molar-refractivity contribution >= 4 is 33.5 Å². The van der Waals surface area contributed by atoms with Crippen LogP contribution in [0.3, 0.4) is 0 Å². The molecule has 0 amide bonds. The summed E-state index contributed by atoms with van der Waals surface area (Å²) in [7, 11) is 0. The fourth-order valence-electron chi connectivity index (χ4n) is 2.37. The number of hydrogen-bond acceptors (Lipinski definition) is 3. The van der Waals surface area contributed by atoms with Gasteiger partial charge >= 0.3 is 5.97 Å². The lowest BCUT2D eigenvalue weighted by atomic mass is 9.82. The van der Waals surface area contributed by atoms with Crippen molar-refractivity contribution in [3.8, 4) is 0 Å². The van der Waals surface area contributed by atoms with E-state index >= 15 is 0 Å². The molecule has 98 valence electrons. The predicted octanol–water partition coefficient (Wildman–Crippen LogP) is 2.92. The Labute approximate surface area is 122 Å². The number of carboxylic acid groups (broad SMARTS) is 1. The molecule has 20 heavy (non-hydrogen) atoms. The zero-order chi connectivity index (χ0) is 14.4. The van der Waals surface area contributed by atoms with E-state index in [-0.39, 0.29) is 32.5 Å². The van der Waals surface area contributed by atoms with Gasteiger partial charge in [0.25, 0.3) is 0 Å². The Morgan fingerprint density at radius 1 is 0.900 bits per heavy atom. The normalized spacial score (nSPS) is 12.8. The van der Waals surface area contributed by atoms with Crippen LogP contribution in [0.1, 0.15) is 42.2 Å². The molecule has 1 aliphatic carbocycles. The number of ketones is 2. The largest absolute Gasteiger partial charge is 0.478 e. The Morgan fingerprint density at radius 3 is 2.10 bits per heavy atom. The van der Waals surface area contributed by atoms with Gasteiger partial charge in [0.05, 0.1) is 5.56 Å². The first-order chi connectivity index (χ1) is 9.52. The maximum Gasteiger partial charge on any atom is 0.337 e. The Morgan fingerprint density at radius 2 is 1.50 bits per heavy atom. The molecule has 5 heteroatoms. The van der Waals surface area contributed by atoms with E-state index in [0.717, 1.165) is 0 Å². The molecule has 0 aliphatic heterocycles. The molecule has 0 spiro atoms. The number of rotatable bonds is 1. The summed E-state index contributed by atoms with van der Waals surface area (Å²) < 4.78 is 0.282. The number of carboxylic acids is 1. The average Bonchev–Trinajstić information content (AvgIpc) is 2.44. The zero-order valence-corrected chi connectivity index (χ0v) is 11.6. The summed E-state index contributed by atoms with van der Waals surface area (Å²) in [6, 6.07) is 9.37. The Bertz CT molecular complexity index is 792. The van der Waals surface area contributed by atoms with Gasteiger partial charge in [-0.25, -0.2) is 4.79 Å². The van der Waals surface area contributed by atoms with Gasteiger partial charge in [-0.3, -0.25) is 9.59 Å². The zero-order valence-electron chi connectivity index (χ0n) is 10.0. The molecule has 0 atom stereocenters. The SMILES string of the molecule is O=C1c2ccccc2C(=O)c2c1ccc(Br)c2C(=O)O. The number of carbonyl (C=O) groups excluding carboxylic acids is 2. The van der Waals surface area contributed by atoms with Crippen LogP contribution in [-0.2, 0) is 0 Å². The van der Waals surface area contributed by atoms with Crippen LogP contribution in [0.4, 0.5) is 0 Å². The van der Waals surface area contributed by atoms with E-state index in [0.29, 0.717) is 5.56 Å². The van der Waals surface area contributed by atoms with Gasteiger partial charge in [0.1, 0.15) is 0 Å². The molecule has 1 aliphatic rings. The smallest absolute Gasteiger partial charge is 0.337 e. The second-order valence-corrected chi connectivity index (χ2v) is 5.21. The fourth-order valence-corrected chi connectivity index (χ4v) is 2.87. The molecule has 0 radical (unpaired) electrons. The lowest BCUT2D eigenvalue weighted by Gasteiger charge is -2.19. The number of carbonyl (C=O) groups is 3. The highest BCUT2D eigenvalue weighted by Crippen LogP contribution is 2.32. The molecule has 0 fully saturated rings. The van der Waals surface area contributed by atoms with Crippen molar-refractivity contribution in [3.05, 3.63) is 68.7 Å². The van der Waals surface area contributed by atoms with Crippen molar-refractivity contribution < 1.29 is 19.5 Å². The van der Waals surface area contributed by atoms with Gasteiger partial charge in [0.15, 0.2) is 11.6 Å². The van der Waals surface area contributed by atoms with Crippen molar-refractivity contribution in [3.63, 3.8) is 0 Å². The van der Waals surface area contributed by atoms with E-state index < -0.39 is 11.8 Å². The highest BCUT2D eigenvalue weighted by Gasteiger charge is 2.34. The first kappa shape index (κ1) is 12.7. The Hall–Kier alpha value is -2.27. The molecule has 0 aromatic heterocycles. The van der Waals surface area contributed by atoms with Crippen molar-refractivity contribution in [2.75, 3.05) is 0 Å². The van der Waals surface area contributed by atoms with E-state index in [1.165, 1.54) is 18.2 Å². The van der Waals surface area contributed by atoms with Crippen molar-refractivity contribution in [2.45, 2.75) is 0 Å². The quantitative estimate of drug-likeness (QED) is 0.744. The van der Waals surface area contributed by atoms with Crippen LogP contribution in [-0.4, -0.2) is 22.6 Å². The van der Waals surface area contributed by atoms with Crippen molar-refractivity contribution in [2.24, 2.45) is 0 Å². The minimum Gasteiger partial charge on any atom is -0.478 e. The van der Waals surface area contributed by atoms with Gasteiger partial charge in [0.2, 0.25) is 0 Å². The third-order valence-corrected chi connectivity index (χ3v) is 3.92. The van der Waals surface area contributed by atoms with Gasteiger partial charge in [-0.15, -0.1) is 0 Å². The third-order valence-electron chi connectivity index (χ3n) is 3.26. The van der Waals surface area contributed by atoms with Crippen molar-refractivity contribution in [1.82, 2.24) is 0 Å². The summed E-state index contributed by atoms with van der Waals surface area (Å²) in [5, 5.41) is 9.28.